The summed E-state index contributed by atoms with van der Waals surface area (Å²) in [7, 11) is 0. The summed E-state index contributed by atoms with van der Waals surface area (Å²) >= 11 is 0. The lowest BCUT2D eigenvalue weighted by Crippen LogP contribution is -2.01. The minimum Gasteiger partial charge on any atom is -0.456 e. The molecule has 0 spiro atoms. The van der Waals surface area contributed by atoms with Gasteiger partial charge >= 0.3 is 0 Å². The van der Waals surface area contributed by atoms with Gasteiger partial charge in [-0.1, -0.05) is 109 Å². The highest BCUT2D eigenvalue weighted by Gasteiger charge is 2.20. The van der Waals surface area contributed by atoms with Gasteiger partial charge < -0.3 is 8.83 Å². The van der Waals surface area contributed by atoms with Crippen LogP contribution in [0.15, 0.2) is 160 Å². The molecule has 0 saturated heterocycles. The lowest BCUT2D eigenvalue weighted by atomic mass is 9.94. The average Bonchev–Trinajstić information content (AvgIpc) is 3.72. The molecular weight excluding hydrogens is 590 g/mol. The van der Waals surface area contributed by atoms with Gasteiger partial charge in [-0.3, -0.25) is 0 Å². The van der Waals surface area contributed by atoms with E-state index >= 15 is 0 Å². The zero-order valence-corrected chi connectivity index (χ0v) is 25.6. The maximum atomic E-state index is 6.32. The fourth-order valence-electron chi connectivity index (χ4n) is 6.85. The molecule has 5 nitrogen and oxygen atoms in total. The third-order valence-electron chi connectivity index (χ3n) is 9.13. The number of para-hydroxylation sites is 2. The predicted molar refractivity (Wildman–Crippen MR) is 194 cm³/mol. The molecule has 0 radical (unpaired) electrons. The fraction of sp³-hybridized carbons (Fsp3) is 0. The van der Waals surface area contributed by atoms with Gasteiger partial charge in [-0.25, -0.2) is 15.0 Å². The van der Waals surface area contributed by atoms with Crippen LogP contribution in [0.3, 0.4) is 0 Å². The van der Waals surface area contributed by atoms with Gasteiger partial charge in [0.05, 0.1) is 0 Å². The lowest BCUT2D eigenvalue weighted by Gasteiger charge is -2.14. The molecule has 3 aromatic heterocycles. The van der Waals surface area contributed by atoms with Crippen LogP contribution in [-0.4, -0.2) is 15.0 Å². The van der Waals surface area contributed by atoms with E-state index in [4.69, 9.17) is 23.8 Å². The Kier molecular flexibility index (Phi) is 5.81. The Balaban J connectivity index is 1.26. The minimum atomic E-state index is 0.586. The van der Waals surface area contributed by atoms with Crippen molar-refractivity contribution in [1.29, 1.82) is 0 Å². The summed E-state index contributed by atoms with van der Waals surface area (Å²) in [6.45, 7) is 0. The third-order valence-corrected chi connectivity index (χ3v) is 9.13. The molecule has 224 valence electrons. The molecule has 10 aromatic rings. The van der Waals surface area contributed by atoms with E-state index in [1.807, 2.05) is 78.9 Å². The summed E-state index contributed by atoms with van der Waals surface area (Å²) in [6.07, 6.45) is 0. The summed E-state index contributed by atoms with van der Waals surface area (Å²) in [5.41, 5.74) is 8.09. The molecule has 0 aliphatic rings. The number of benzene rings is 7. The first-order valence-electron chi connectivity index (χ1n) is 15.9. The molecule has 0 bridgehead atoms. The number of rotatable bonds is 4. The van der Waals surface area contributed by atoms with Gasteiger partial charge in [-0.15, -0.1) is 0 Å². The first-order valence-corrected chi connectivity index (χ1v) is 15.9. The summed E-state index contributed by atoms with van der Waals surface area (Å²) in [4.78, 5) is 15.5. The fourth-order valence-corrected chi connectivity index (χ4v) is 6.85. The Labute approximate surface area is 274 Å². The Bertz CT molecular complexity index is 2850. The van der Waals surface area contributed by atoms with Crippen LogP contribution >= 0.6 is 0 Å². The number of fused-ring (bicyclic) bond motifs is 7. The summed E-state index contributed by atoms with van der Waals surface area (Å²) in [5, 5.41) is 6.44. The Morgan fingerprint density at radius 3 is 1.73 bits per heavy atom. The highest BCUT2D eigenvalue weighted by molar-refractivity contribution is 6.12. The molecule has 0 N–H and O–H groups in total. The standard InChI is InChI=1S/C43H25N3O2/c1-2-11-26(12-3-1)41-44-42(33-17-10-20-38-40(33)32-16-7-9-19-37(32)47-38)46-43(45-41)35-24-28-14-5-4-13-27(28)23-34(35)29-21-22-31-30-15-6-8-18-36(30)48-39(31)25-29/h1-25H. The molecule has 10 rings (SSSR count). The Hall–Kier alpha value is -6.59. The Morgan fingerprint density at radius 1 is 0.333 bits per heavy atom. The molecular formula is C43H25N3O2. The van der Waals surface area contributed by atoms with Crippen molar-refractivity contribution in [2.75, 3.05) is 0 Å². The zero-order valence-electron chi connectivity index (χ0n) is 25.6. The number of nitrogens with zero attached hydrogens (tertiary/aromatic N) is 3. The zero-order chi connectivity index (χ0) is 31.6. The van der Waals surface area contributed by atoms with Crippen molar-refractivity contribution < 1.29 is 8.83 Å². The molecule has 0 amide bonds. The van der Waals surface area contributed by atoms with E-state index in [9.17, 15) is 0 Å². The molecule has 0 aliphatic heterocycles. The van der Waals surface area contributed by atoms with E-state index in [0.29, 0.717) is 17.5 Å². The van der Waals surface area contributed by atoms with Crippen LogP contribution in [0.2, 0.25) is 0 Å². The topological polar surface area (TPSA) is 65.0 Å². The number of aromatic nitrogens is 3. The summed E-state index contributed by atoms with van der Waals surface area (Å²) in [5.74, 6) is 1.78. The van der Waals surface area contributed by atoms with E-state index < -0.39 is 0 Å². The molecule has 7 aromatic carbocycles. The maximum Gasteiger partial charge on any atom is 0.164 e. The summed E-state index contributed by atoms with van der Waals surface area (Å²) < 4.78 is 12.6. The van der Waals surface area contributed by atoms with Crippen LogP contribution in [0.5, 0.6) is 0 Å². The molecule has 3 heterocycles. The van der Waals surface area contributed by atoms with Crippen molar-refractivity contribution in [1.82, 2.24) is 15.0 Å². The van der Waals surface area contributed by atoms with E-state index in [1.165, 1.54) is 0 Å². The molecule has 0 atom stereocenters. The molecule has 5 heteroatoms. The molecule has 0 unspecified atom stereocenters. The smallest absolute Gasteiger partial charge is 0.164 e. The number of hydrogen-bond acceptors (Lipinski definition) is 5. The van der Waals surface area contributed by atoms with Crippen LogP contribution in [-0.2, 0) is 0 Å². The molecule has 0 fully saturated rings. The minimum absolute atomic E-state index is 0.586. The van der Waals surface area contributed by atoms with Crippen LogP contribution in [0.25, 0.3) is 99.9 Å². The molecule has 0 aliphatic carbocycles. The second-order valence-corrected chi connectivity index (χ2v) is 12.0. The van der Waals surface area contributed by atoms with Gasteiger partial charge in [0.25, 0.3) is 0 Å². The van der Waals surface area contributed by atoms with Gasteiger partial charge in [-0.05, 0) is 64.4 Å². The van der Waals surface area contributed by atoms with Crippen LogP contribution in [0.4, 0.5) is 0 Å². The quantitative estimate of drug-likeness (QED) is 0.197. The van der Waals surface area contributed by atoms with Crippen molar-refractivity contribution in [3.63, 3.8) is 0 Å². The van der Waals surface area contributed by atoms with E-state index in [0.717, 1.165) is 82.5 Å². The maximum absolute atomic E-state index is 6.32. The van der Waals surface area contributed by atoms with Crippen molar-refractivity contribution in [2.45, 2.75) is 0 Å². The van der Waals surface area contributed by atoms with Gasteiger partial charge in [0.15, 0.2) is 17.5 Å². The van der Waals surface area contributed by atoms with Gasteiger partial charge in [0.1, 0.15) is 22.3 Å². The van der Waals surface area contributed by atoms with Gasteiger partial charge in [0, 0.05) is 38.2 Å². The van der Waals surface area contributed by atoms with Crippen molar-refractivity contribution in [3.8, 4) is 45.3 Å². The van der Waals surface area contributed by atoms with Crippen molar-refractivity contribution in [3.05, 3.63) is 152 Å². The highest BCUT2D eigenvalue weighted by atomic mass is 16.3. The van der Waals surface area contributed by atoms with Crippen LogP contribution < -0.4 is 0 Å². The lowest BCUT2D eigenvalue weighted by molar-refractivity contribution is 0.668. The number of hydrogen-bond donors (Lipinski definition) is 0. The first-order chi connectivity index (χ1) is 23.8. The largest absolute Gasteiger partial charge is 0.456 e. The van der Waals surface area contributed by atoms with Gasteiger partial charge in [-0.2, -0.15) is 0 Å². The average molecular weight is 616 g/mol. The normalized spacial score (nSPS) is 11.8. The van der Waals surface area contributed by atoms with E-state index in [2.05, 4.69) is 72.8 Å². The second-order valence-electron chi connectivity index (χ2n) is 12.0. The van der Waals surface area contributed by atoms with Crippen molar-refractivity contribution in [2.24, 2.45) is 0 Å². The first kappa shape index (κ1) is 26.6. The predicted octanol–water partition coefficient (Wildman–Crippen LogP) is 11.5. The summed E-state index contributed by atoms with van der Waals surface area (Å²) in [6, 6.07) is 51.6. The molecule has 0 saturated carbocycles. The number of furan rings is 2. The van der Waals surface area contributed by atoms with E-state index in [-0.39, 0.29) is 0 Å². The highest BCUT2D eigenvalue weighted by Crippen LogP contribution is 2.40. The van der Waals surface area contributed by atoms with Crippen LogP contribution in [0.1, 0.15) is 0 Å². The monoisotopic (exact) mass is 615 g/mol. The van der Waals surface area contributed by atoms with Crippen LogP contribution in [0, 0.1) is 0 Å². The SMILES string of the molecule is c1ccc(-c2nc(-c3cc4ccccc4cc3-c3ccc4c(c3)oc3ccccc34)nc(-c3cccc4oc5ccccc5c34)n2)cc1. The van der Waals surface area contributed by atoms with Crippen molar-refractivity contribution >= 4 is 54.6 Å². The van der Waals surface area contributed by atoms with Gasteiger partial charge in [0.2, 0.25) is 0 Å². The Morgan fingerprint density at radius 2 is 0.917 bits per heavy atom. The molecule has 48 heavy (non-hydrogen) atoms. The second kappa shape index (κ2) is 10.5. The third kappa shape index (κ3) is 4.22. The van der Waals surface area contributed by atoms with E-state index in [1.54, 1.807) is 0 Å².